The predicted octanol–water partition coefficient (Wildman–Crippen LogP) is 0.652. The van der Waals surface area contributed by atoms with Crippen LogP contribution >= 0.6 is 0 Å². The number of oxime groups is 1. The Morgan fingerprint density at radius 3 is 2.71 bits per heavy atom. The van der Waals surface area contributed by atoms with Gasteiger partial charge in [-0.3, -0.25) is 15.0 Å². The number of rotatable bonds is 2. The third-order valence-corrected chi connectivity index (χ3v) is 3.90. The molecule has 1 spiro atoms. The topological polar surface area (TPSA) is 101 Å². The normalized spacial score (nSPS) is 24.4. The lowest BCUT2D eigenvalue weighted by molar-refractivity contribution is -0.136. The zero-order valence-electron chi connectivity index (χ0n) is 14.5. The summed E-state index contributed by atoms with van der Waals surface area (Å²) in [5.74, 6) is -0.756. The minimum atomic E-state index is -0.789. The van der Waals surface area contributed by atoms with Gasteiger partial charge in [0.25, 0.3) is 5.91 Å². The van der Waals surface area contributed by atoms with E-state index in [1.807, 2.05) is 0 Å². The molecule has 2 aliphatic rings. The van der Waals surface area contributed by atoms with Crippen LogP contribution in [0.2, 0.25) is 0 Å². The van der Waals surface area contributed by atoms with E-state index in [0.717, 1.165) is 6.21 Å². The smallest absolute Gasteiger partial charge is 0.410 e. The van der Waals surface area contributed by atoms with Gasteiger partial charge in [-0.2, -0.15) is 0 Å². The Morgan fingerprint density at radius 2 is 2.08 bits per heavy atom. The molecule has 0 saturated carbocycles. The van der Waals surface area contributed by atoms with Crippen LogP contribution in [0.3, 0.4) is 0 Å². The van der Waals surface area contributed by atoms with E-state index in [0.29, 0.717) is 19.4 Å². The molecule has 0 aliphatic carbocycles. The summed E-state index contributed by atoms with van der Waals surface area (Å²) in [4.78, 5) is 42.6. The van der Waals surface area contributed by atoms with Crippen LogP contribution in [0.4, 0.5) is 4.79 Å². The molecule has 0 aromatic carbocycles. The van der Waals surface area contributed by atoms with E-state index in [-0.39, 0.29) is 18.9 Å². The summed E-state index contributed by atoms with van der Waals surface area (Å²) < 4.78 is 5.40. The Labute approximate surface area is 140 Å². The highest BCUT2D eigenvalue weighted by molar-refractivity contribution is 6.26. The lowest BCUT2D eigenvalue weighted by Gasteiger charge is -2.43. The van der Waals surface area contributed by atoms with Gasteiger partial charge < -0.3 is 14.5 Å². The maximum absolute atomic E-state index is 12.3. The number of carbonyl (C=O) groups excluding carboxylic acids is 3. The quantitative estimate of drug-likeness (QED) is 0.588. The van der Waals surface area contributed by atoms with Crippen LogP contribution < -0.4 is 5.43 Å². The van der Waals surface area contributed by atoms with Gasteiger partial charge in [-0.1, -0.05) is 5.16 Å². The van der Waals surface area contributed by atoms with E-state index < -0.39 is 23.1 Å². The van der Waals surface area contributed by atoms with E-state index in [1.165, 1.54) is 12.1 Å². The van der Waals surface area contributed by atoms with Gasteiger partial charge in [0.2, 0.25) is 5.91 Å². The first-order valence-corrected chi connectivity index (χ1v) is 7.85. The fourth-order valence-corrected chi connectivity index (χ4v) is 3.03. The summed E-state index contributed by atoms with van der Waals surface area (Å²) >= 11 is 0. The molecule has 3 amide bonds. The molecule has 1 unspecified atom stereocenters. The second-order valence-corrected chi connectivity index (χ2v) is 7.03. The molecule has 2 heterocycles. The molecule has 0 aromatic rings. The largest absolute Gasteiger partial charge is 0.444 e. The van der Waals surface area contributed by atoms with Crippen molar-refractivity contribution in [1.29, 1.82) is 0 Å². The summed E-state index contributed by atoms with van der Waals surface area (Å²) in [7, 11) is 1.33. The average Bonchev–Trinajstić information content (AvgIpc) is 2.79. The van der Waals surface area contributed by atoms with Crippen molar-refractivity contribution >= 4 is 24.1 Å². The van der Waals surface area contributed by atoms with Gasteiger partial charge in [-0.15, -0.1) is 0 Å². The highest BCUT2D eigenvalue weighted by atomic mass is 16.6. The van der Waals surface area contributed by atoms with E-state index in [9.17, 15) is 14.4 Å². The lowest BCUT2D eigenvalue weighted by Crippen LogP contribution is -2.61. The van der Waals surface area contributed by atoms with Gasteiger partial charge >= 0.3 is 6.09 Å². The number of hydrogen-bond acceptors (Lipinski definition) is 6. The molecule has 1 N–H and O–H groups in total. The van der Waals surface area contributed by atoms with Gasteiger partial charge in [0.15, 0.2) is 0 Å². The van der Waals surface area contributed by atoms with E-state index in [2.05, 4.69) is 15.4 Å². The molecule has 0 radical (unpaired) electrons. The first-order chi connectivity index (χ1) is 11.2. The molecular formula is C15H24N4O5. The van der Waals surface area contributed by atoms with Crippen LogP contribution in [-0.4, -0.2) is 65.4 Å². The second kappa shape index (κ2) is 6.66. The molecule has 2 fully saturated rings. The second-order valence-electron chi connectivity index (χ2n) is 7.03. The SMILES string of the molecule is CO/N=C/C(=O)N1NC(=O)CC12CCCN(C(=O)OC(C)(C)C)C2. The van der Waals surface area contributed by atoms with E-state index in [1.54, 1.807) is 25.7 Å². The monoisotopic (exact) mass is 340 g/mol. The maximum Gasteiger partial charge on any atom is 0.410 e. The van der Waals surface area contributed by atoms with Crippen LogP contribution in [0.25, 0.3) is 0 Å². The highest BCUT2D eigenvalue weighted by Gasteiger charge is 2.51. The number of amides is 3. The molecule has 2 rings (SSSR count). The number of carbonyl (C=O) groups is 3. The number of likely N-dealkylation sites (tertiary alicyclic amines) is 1. The summed E-state index contributed by atoms with van der Waals surface area (Å²) in [6.07, 6.45) is 1.97. The van der Waals surface area contributed by atoms with Crippen molar-refractivity contribution in [3.63, 3.8) is 0 Å². The van der Waals surface area contributed by atoms with Crippen LogP contribution in [-0.2, 0) is 19.2 Å². The van der Waals surface area contributed by atoms with Crippen molar-refractivity contribution in [1.82, 2.24) is 15.3 Å². The van der Waals surface area contributed by atoms with Crippen molar-refractivity contribution < 1.29 is 24.0 Å². The third-order valence-electron chi connectivity index (χ3n) is 3.90. The Hall–Kier alpha value is -2.32. The Kier molecular flexibility index (Phi) is 5.00. The first kappa shape index (κ1) is 18.0. The number of nitrogens with zero attached hydrogens (tertiary/aromatic N) is 3. The molecule has 9 heteroatoms. The summed E-state index contributed by atoms with van der Waals surface area (Å²) in [6, 6.07) is 0. The summed E-state index contributed by atoms with van der Waals surface area (Å²) in [5, 5.41) is 4.71. The number of hydrazine groups is 1. The van der Waals surface area contributed by atoms with Gasteiger partial charge in [-0.05, 0) is 33.6 Å². The predicted molar refractivity (Wildman–Crippen MR) is 84.9 cm³/mol. The van der Waals surface area contributed by atoms with Gasteiger partial charge in [0.05, 0.1) is 12.0 Å². The Morgan fingerprint density at radius 1 is 1.38 bits per heavy atom. The highest BCUT2D eigenvalue weighted by Crippen LogP contribution is 2.34. The average molecular weight is 340 g/mol. The molecule has 24 heavy (non-hydrogen) atoms. The van der Waals surface area contributed by atoms with Crippen molar-refractivity contribution in [3.8, 4) is 0 Å². The molecule has 134 valence electrons. The van der Waals surface area contributed by atoms with Crippen molar-refractivity contribution in [3.05, 3.63) is 0 Å². The van der Waals surface area contributed by atoms with Crippen molar-refractivity contribution in [2.45, 2.75) is 51.2 Å². The zero-order valence-corrected chi connectivity index (χ0v) is 14.5. The summed E-state index contributed by atoms with van der Waals surface area (Å²) in [5.41, 5.74) is 1.16. The van der Waals surface area contributed by atoms with E-state index in [4.69, 9.17) is 4.74 Å². The maximum atomic E-state index is 12.3. The number of piperidine rings is 1. The van der Waals surface area contributed by atoms with E-state index >= 15 is 0 Å². The van der Waals surface area contributed by atoms with Crippen LogP contribution in [0.5, 0.6) is 0 Å². The molecule has 1 atom stereocenters. The van der Waals surface area contributed by atoms with Gasteiger partial charge in [-0.25, -0.2) is 9.80 Å². The number of hydrogen-bond donors (Lipinski definition) is 1. The molecular weight excluding hydrogens is 316 g/mol. The van der Waals surface area contributed by atoms with Gasteiger partial charge in [0.1, 0.15) is 18.9 Å². The zero-order chi connectivity index (χ0) is 18.0. The van der Waals surface area contributed by atoms with Crippen LogP contribution in [0, 0.1) is 0 Å². The van der Waals surface area contributed by atoms with Crippen molar-refractivity contribution in [2.75, 3.05) is 20.2 Å². The van der Waals surface area contributed by atoms with Crippen molar-refractivity contribution in [2.24, 2.45) is 5.16 Å². The third kappa shape index (κ3) is 3.95. The fraction of sp³-hybridized carbons (Fsp3) is 0.733. The van der Waals surface area contributed by atoms with Crippen LogP contribution in [0.15, 0.2) is 5.16 Å². The van der Waals surface area contributed by atoms with Crippen LogP contribution in [0.1, 0.15) is 40.0 Å². The molecule has 9 nitrogen and oxygen atoms in total. The molecule has 0 aromatic heterocycles. The lowest BCUT2D eigenvalue weighted by atomic mass is 9.86. The van der Waals surface area contributed by atoms with Gasteiger partial charge in [0, 0.05) is 13.1 Å². The minimum Gasteiger partial charge on any atom is -0.444 e. The number of ether oxygens (including phenoxy) is 1. The number of nitrogens with one attached hydrogen (secondary N) is 1. The summed E-state index contributed by atoms with van der Waals surface area (Å²) in [6.45, 7) is 6.14. The standard InChI is InChI=1S/C15H24N4O5/c1-14(2,3)24-13(22)18-7-5-6-15(10-18)8-11(20)17-19(15)12(21)9-16-23-4/h9H,5-8,10H2,1-4H3,(H,17,20)/b16-9+. The Bertz CT molecular complexity index is 557. The fourth-order valence-electron chi connectivity index (χ4n) is 3.03. The molecule has 0 bridgehead atoms. The molecule has 2 aliphatic heterocycles. The Balaban J connectivity index is 2.17. The minimum absolute atomic E-state index is 0.138. The molecule has 2 saturated heterocycles. The first-order valence-electron chi connectivity index (χ1n) is 7.85.